The lowest BCUT2D eigenvalue weighted by Crippen LogP contribution is -2.46. The smallest absolute Gasteiger partial charge is 0.243 e. The summed E-state index contributed by atoms with van der Waals surface area (Å²) in [7, 11) is 0. The van der Waals surface area contributed by atoms with Gasteiger partial charge in [0.25, 0.3) is 0 Å². The van der Waals surface area contributed by atoms with Crippen LogP contribution in [0.2, 0.25) is 0 Å². The summed E-state index contributed by atoms with van der Waals surface area (Å²) in [4.78, 5) is 19.1. The van der Waals surface area contributed by atoms with E-state index in [9.17, 15) is 9.59 Å². The third kappa shape index (κ3) is 0.230. The molecule has 0 aromatic heterocycles. The Labute approximate surface area is 33.5 Å². The Balaban J connectivity index is 2.47. The van der Waals surface area contributed by atoms with Gasteiger partial charge in [-0.15, -0.1) is 10.6 Å². The van der Waals surface area contributed by atoms with Crippen molar-refractivity contribution in [3.05, 3.63) is 0 Å². The summed E-state index contributed by atoms with van der Waals surface area (Å²) in [6.45, 7) is 0. The molecule has 1 aliphatic rings. The third-order valence-corrected chi connectivity index (χ3v) is 0.383. The molecular formula is C2N2O2. The summed E-state index contributed by atoms with van der Waals surface area (Å²) in [5.41, 5.74) is 0. The Morgan fingerprint density at radius 2 is 1.33 bits per heavy atom. The van der Waals surface area contributed by atoms with E-state index in [1.165, 1.54) is 0 Å². The van der Waals surface area contributed by atoms with Crippen LogP contribution in [-0.4, -0.2) is 12.1 Å². The first-order valence-corrected chi connectivity index (χ1v) is 1.30. The Bertz CT molecular complexity index is 86.1. The van der Waals surface area contributed by atoms with Gasteiger partial charge < -0.3 is 0 Å². The van der Waals surface area contributed by atoms with Gasteiger partial charge in [0, 0.05) is 0 Å². The molecule has 4 heteroatoms. The maximum absolute atomic E-state index is 9.56. The van der Waals surface area contributed by atoms with Crippen molar-refractivity contribution in [2.75, 3.05) is 0 Å². The van der Waals surface area contributed by atoms with Crippen molar-refractivity contribution in [1.29, 1.82) is 0 Å². The molecule has 0 atom stereocenters. The number of imide groups is 2. The van der Waals surface area contributed by atoms with Gasteiger partial charge in [-0.25, -0.2) is 9.59 Å². The van der Waals surface area contributed by atoms with Gasteiger partial charge in [-0.05, 0) is 0 Å². The molecule has 0 aromatic rings. The first kappa shape index (κ1) is 3.14. The number of hydrogen-bond donors (Lipinski definition) is 0. The zero-order valence-corrected chi connectivity index (χ0v) is 2.71. The summed E-state index contributed by atoms with van der Waals surface area (Å²) in [6, 6.07) is -1.33. The summed E-state index contributed by atoms with van der Waals surface area (Å²) in [5, 5.41) is 5.56. The maximum atomic E-state index is 9.56. The van der Waals surface area contributed by atoms with E-state index in [1.54, 1.807) is 0 Å². The number of carbonyl (C=O) groups excluding carboxylic acids is 2. The first-order valence-electron chi connectivity index (χ1n) is 1.30. The van der Waals surface area contributed by atoms with Gasteiger partial charge in [0.2, 0.25) is 0 Å². The Kier molecular flexibility index (Phi) is 0.370. The van der Waals surface area contributed by atoms with Crippen LogP contribution in [-0.2, 0) is 0 Å². The Hall–Kier alpha value is -1.06. The molecule has 1 heterocycles. The van der Waals surface area contributed by atoms with Gasteiger partial charge in [-0.1, -0.05) is 0 Å². The second kappa shape index (κ2) is 0.707. The minimum absolute atomic E-state index is 0.667. The molecule has 4 amide bonds. The average molecular weight is 84.0 g/mol. The van der Waals surface area contributed by atoms with Crippen LogP contribution in [0.4, 0.5) is 9.59 Å². The molecule has 0 aromatic carbocycles. The molecule has 0 saturated carbocycles. The highest BCUT2D eigenvalue weighted by Gasteiger charge is 2.25. The molecule has 0 N–H and O–H groups in total. The SMILES string of the molecule is O=C1[N]C(=O)[N]1. The van der Waals surface area contributed by atoms with E-state index in [-0.39, 0.29) is 0 Å². The van der Waals surface area contributed by atoms with Crippen LogP contribution >= 0.6 is 0 Å². The first-order chi connectivity index (χ1) is 2.79. The quantitative estimate of drug-likeness (QED) is 0.395. The van der Waals surface area contributed by atoms with E-state index in [0.29, 0.717) is 0 Å². The van der Waals surface area contributed by atoms with Crippen molar-refractivity contribution in [3.8, 4) is 0 Å². The van der Waals surface area contributed by atoms with Crippen LogP contribution < -0.4 is 10.6 Å². The molecule has 1 fully saturated rings. The Morgan fingerprint density at radius 1 is 1.00 bits per heavy atom. The summed E-state index contributed by atoms with van der Waals surface area (Å²) in [5.74, 6) is 0. The maximum Gasteiger partial charge on any atom is 0.376 e. The van der Waals surface area contributed by atoms with E-state index >= 15 is 0 Å². The van der Waals surface area contributed by atoms with Gasteiger partial charge in [-0.2, -0.15) is 0 Å². The van der Waals surface area contributed by atoms with Gasteiger partial charge in [0.1, 0.15) is 0 Å². The van der Waals surface area contributed by atoms with Gasteiger partial charge in [-0.3, -0.25) is 0 Å². The second-order valence-electron chi connectivity index (χ2n) is 0.789. The number of carbonyl (C=O) groups is 2. The fraction of sp³-hybridized carbons (Fsp3) is 0. The molecule has 6 heavy (non-hydrogen) atoms. The van der Waals surface area contributed by atoms with Crippen molar-refractivity contribution in [2.24, 2.45) is 0 Å². The van der Waals surface area contributed by atoms with Crippen molar-refractivity contribution in [3.63, 3.8) is 0 Å². The van der Waals surface area contributed by atoms with E-state index in [0.717, 1.165) is 0 Å². The van der Waals surface area contributed by atoms with Crippen LogP contribution in [0.15, 0.2) is 0 Å². The van der Waals surface area contributed by atoms with Crippen LogP contribution in [0.25, 0.3) is 0 Å². The monoisotopic (exact) mass is 84.0 g/mol. The summed E-state index contributed by atoms with van der Waals surface area (Å²) in [6.07, 6.45) is 0. The van der Waals surface area contributed by atoms with Crippen molar-refractivity contribution in [1.82, 2.24) is 10.6 Å². The van der Waals surface area contributed by atoms with Gasteiger partial charge >= 0.3 is 12.1 Å². The number of rotatable bonds is 0. The highest BCUT2D eigenvalue weighted by atomic mass is 16.2. The zero-order valence-electron chi connectivity index (χ0n) is 2.71. The predicted molar refractivity (Wildman–Crippen MR) is 15.1 cm³/mol. The van der Waals surface area contributed by atoms with Crippen LogP contribution in [0.1, 0.15) is 0 Å². The van der Waals surface area contributed by atoms with Crippen LogP contribution in [0, 0.1) is 0 Å². The molecule has 0 unspecified atom stereocenters. The lowest BCUT2D eigenvalue weighted by molar-refractivity contribution is 0.207. The summed E-state index contributed by atoms with van der Waals surface area (Å²) >= 11 is 0. The number of hydrogen-bond acceptors (Lipinski definition) is 2. The topological polar surface area (TPSA) is 62.3 Å². The minimum atomic E-state index is -0.667. The molecule has 1 aliphatic heterocycles. The number of amides is 4. The lowest BCUT2D eigenvalue weighted by Gasteiger charge is -2.02. The highest BCUT2D eigenvalue weighted by Crippen LogP contribution is 1.83. The molecule has 1 saturated heterocycles. The highest BCUT2D eigenvalue weighted by molar-refractivity contribution is 6.10. The van der Waals surface area contributed by atoms with E-state index in [2.05, 4.69) is 10.6 Å². The minimum Gasteiger partial charge on any atom is -0.243 e. The number of nitrogens with zero attached hydrogens (tertiary/aromatic N) is 2. The molecule has 30 valence electrons. The fourth-order valence-corrected chi connectivity index (χ4v) is 0.169. The molecule has 2 radical (unpaired) electrons. The van der Waals surface area contributed by atoms with Crippen LogP contribution in [0.5, 0.6) is 0 Å². The van der Waals surface area contributed by atoms with Crippen molar-refractivity contribution in [2.45, 2.75) is 0 Å². The standard InChI is InChI=1S/C2N2O2/c5-1-3-2(6)4-1. The molecular weight excluding hydrogens is 84.0 g/mol. The second-order valence-corrected chi connectivity index (χ2v) is 0.789. The van der Waals surface area contributed by atoms with Crippen molar-refractivity contribution >= 4 is 12.1 Å². The molecule has 0 spiro atoms. The lowest BCUT2D eigenvalue weighted by atomic mass is 10.7. The molecule has 0 bridgehead atoms. The van der Waals surface area contributed by atoms with Gasteiger partial charge in [0.15, 0.2) is 0 Å². The molecule has 1 rings (SSSR count). The molecule has 0 aliphatic carbocycles. The van der Waals surface area contributed by atoms with Gasteiger partial charge in [0.05, 0.1) is 0 Å². The summed E-state index contributed by atoms with van der Waals surface area (Å²) < 4.78 is 0. The largest absolute Gasteiger partial charge is 0.376 e. The van der Waals surface area contributed by atoms with Crippen LogP contribution in [0.3, 0.4) is 0 Å². The average Bonchev–Trinajstić information content (AvgIpc) is 1.33. The third-order valence-electron chi connectivity index (χ3n) is 0.383. The predicted octanol–water partition coefficient (Wildman–Crippen LogP) is -0.551. The fourth-order valence-electron chi connectivity index (χ4n) is 0.169. The zero-order chi connectivity index (χ0) is 4.57. The van der Waals surface area contributed by atoms with E-state index < -0.39 is 12.1 Å². The van der Waals surface area contributed by atoms with Crippen molar-refractivity contribution < 1.29 is 9.59 Å². The van der Waals surface area contributed by atoms with E-state index in [1.807, 2.05) is 0 Å². The normalized spacial score (nSPS) is 18.0. The Morgan fingerprint density at radius 3 is 1.33 bits per heavy atom. The number of urea groups is 2. The molecule has 4 nitrogen and oxygen atoms in total. The van der Waals surface area contributed by atoms with E-state index in [4.69, 9.17) is 0 Å².